The summed E-state index contributed by atoms with van der Waals surface area (Å²) in [4.78, 5) is 2.75. The summed E-state index contributed by atoms with van der Waals surface area (Å²) >= 11 is 0. The highest BCUT2D eigenvalue weighted by atomic mass is 15.2. The monoisotopic (exact) mass is 280 g/mol. The van der Waals surface area contributed by atoms with Gasteiger partial charge in [0.25, 0.3) is 0 Å². The van der Waals surface area contributed by atoms with Crippen LogP contribution in [0, 0.1) is 16.7 Å². The van der Waals surface area contributed by atoms with E-state index in [9.17, 15) is 0 Å². The van der Waals surface area contributed by atoms with Crippen LogP contribution < -0.4 is 5.73 Å². The van der Waals surface area contributed by atoms with E-state index in [1.54, 1.807) is 0 Å². The van der Waals surface area contributed by atoms with Crippen LogP contribution in [0.15, 0.2) is 0 Å². The molecule has 0 aromatic heterocycles. The highest BCUT2D eigenvalue weighted by Gasteiger charge is 2.43. The van der Waals surface area contributed by atoms with E-state index in [1.165, 1.54) is 51.6 Å². The molecule has 1 heterocycles. The Hall–Kier alpha value is -0.0800. The van der Waals surface area contributed by atoms with E-state index in [2.05, 4.69) is 39.5 Å². The quantitative estimate of drug-likeness (QED) is 0.827. The molecule has 0 radical (unpaired) electrons. The van der Waals surface area contributed by atoms with Crippen LogP contribution in [0.3, 0.4) is 0 Å². The molecule has 2 nitrogen and oxygen atoms in total. The average Bonchev–Trinajstić information content (AvgIpc) is 2.37. The van der Waals surface area contributed by atoms with Crippen molar-refractivity contribution in [2.45, 2.75) is 78.7 Å². The summed E-state index contributed by atoms with van der Waals surface area (Å²) in [6, 6.07) is 0. The molecule has 1 saturated carbocycles. The van der Waals surface area contributed by atoms with Crippen molar-refractivity contribution in [3.8, 4) is 0 Å². The Morgan fingerprint density at radius 1 is 1.00 bits per heavy atom. The maximum Gasteiger partial charge on any atom is 0.0331 e. The van der Waals surface area contributed by atoms with Gasteiger partial charge in [-0.05, 0) is 68.4 Å². The Bertz CT molecular complexity index is 309. The Labute approximate surface area is 126 Å². The van der Waals surface area contributed by atoms with Crippen molar-refractivity contribution in [3.63, 3.8) is 0 Å². The number of rotatable bonds is 2. The first-order chi connectivity index (χ1) is 9.19. The van der Waals surface area contributed by atoms with Crippen LogP contribution in [-0.4, -0.2) is 30.1 Å². The van der Waals surface area contributed by atoms with Crippen LogP contribution in [0.25, 0.3) is 0 Å². The van der Waals surface area contributed by atoms with Gasteiger partial charge in [-0.25, -0.2) is 0 Å². The topological polar surface area (TPSA) is 29.3 Å². The van der Waals surface area contributed by atoms with E-state index < -0.39 is 0 Å². The maximum atomic E-state index is 6.25. The lowest BCUT2D eigenvalue weighted by atomic mass is 9.66. The number of nitrogens with zero attached hydrogens (tertiary/aromatic N) is 1. The van der Waals surface area contributed by atoms with Gasteiger partial charge in [0.2, 0.25) is 0 Å². The molecule has 0 amide bonds. The van der Waals surface area contributed by atoms with Crippen LogP contribution in [0.5, 0.6) is 0 Å². The van der Waals surface area contributed by atoms with Gasteiger partial charge in [0.1, 0.15) is 0 Å². The first-order valence-electron chi connectivity index (χ1n) is 8.64. The lowest BCUT2D eigenvalue weighted by molar-refractivity contribution is -0.0121. The minimum absolute atomic E-state index is 0.318. The van der Waals surface area contributed by atoms with Crippen LogP contribution >= 0.6 is 0 Å². The number of nitrogens with two attached hydrogens (primary N) is 1. The zero-order valence-corrected chi connectivity index (χ0v) is 14.5. The van der Waals surface area contributed by atoms with Gasteiger partial charge in [-0.1, -0.05) is 34.6 Å². The maximum absolute atomic E-state index is 6.25. The van der Waals surface area contributed by atoms with Crippen LogP contribution in [-0.2, 0) is 0 Å². The second-order valence-corrected chi connectivity index (χ2v) is 9.22. The van der Waals surface area contributed by atoms with Gasteiger partial charge in [0.05, 0.1) is 0 Å². The van der Waals surface area contributed by atoms with Gasteiger partial charge in [0.15, 0.2) is 0 Å². The lowest BCUT2D eigenvalue weighted by Crippen LogP contribution is -2.59. The second kappa shape index (κ2) is 5.61. The molecular weight excluding hydrogens is 244 g/mol. The van der Waals surface area contributed by atoms with Crippen molar-refractivity contribution in [2.24, 2.45) is 22.5 Å². The molecule has 0 aromatic rings. The summed E-state index contributed by atoms with van der Waals surface area (Å²) in [5, 5.41) is 0. The number of hydrogen-bond donors (Lipinski definition) is 1. The van der Waals surface area contributed by atoms with Crippen LogP contribution in [0.1, 0.15) is 73.1 Å². The fourth-order valence-corrected chi connectivity index (χ4v) is 4.26. The van der Waals surface area contributed by atoms with Crippen molar-refractivity contribution < 1.29 is 0 Å². The van der Waals surface area contributed by atoms with E-state index >= 15 is 0 Å². The van der Waals surface area contributed by atoms with Crippen molar-refractivity contribution in [2.75, 3.05) is 19.6 Å². The summed E-state index contributed by atoms with van der Waals surface area (Å²) in [7, 11) is 0. The molecule has 0 unspecified atom stereocenters. The molecule has 20 heavy (non-hydrogen) atoms. The van der Waals surface area contributed by atoms with E-state index in [1.807, 2.05) is 0 Å². The lowest BCUT2D eigenvalue weighted by Gasteiger charge is -2.52. The Kier molecular flexibility index (Phi) is 4.57. The van der Waals surface area contributed by atoms with Crippen LogP contribution in [0.4, 0.5) is 0 Å². The summed E-state index contributed by atoms with van der Waals surface area (Å²) in [5.41, 5.74) is 7.57. The molecular formula is C18H36N2. The molecule has 0 atom stereocenters. The summed E-state index contributed by atoms with van der Waals surface area (Å²) in [6.45, 7) is 15.4. The highest BCUT2D eigenvalue weighted by molar-refractivity contribution is 4.99. The molecule has 0 spiro atoms. The van der Waals surface area contributed by atoms with E-state index in [-0.39, 0.29) is 0 Å². The van der Waals surface area contributed by atoms with Crippen molar-refractivity contribution in [1.82, 2.24) is 4.90 Å². The molecule has 2 aliphatic rings. The molecule has 1 aliphatic heterocycles. The molecule has 2 rings (SSSR count). The van der Waals surface area contributed by atoms with Crippen molar-refractivity contribution in [3.05, 3.63) is 0 Å². The normalized spacial score (nSPS) is 36.0. The van der Waals surface area contributed by atoms with E-state index in [0.717, 1.165) is 12.5 Å². The number of piperidine rings is 1. The van der Waals surface area contributed by atoms with Gasteiger partial charge in [-0.15, -0.1) is 0 Å². The molecule has 1 aliphatic carbocycles. The predicted molar refractivity (Wildman–Crippen MR) is 87.8 cm³/mol. The number of hydrogen-bond acceptors (Lipinski definition) is 2. The van der Waals surface area contributed by atoms with Gasteiger partial charge < -0.3 is 5.73 Å². The molecule has 2 fully saturated rings. The zero-order chi connectivity index (χ0) is 15.0. The molecule has 118 valence electrons. The SMILES string of the molecule is CC1(C)CCN(C2(CN)CCC(C(C)(C)C)CC2)CC1. The Morgan fingerprint density at radius 3 is 1.90 bits per heavy atom. The molecule has 1 saturated heterocycles. The minimum atomic E-state index is 0.318. The second-order valence-electron chi connectivity index (χ2n) is 9.22. The standard InChI is InChI=1S/C18H36N2/c1-16(2,3)15-6-8-18(14-19,9-7-15)20-12-10-17(4,5)11-13-20/h15H,6-14,19H2,1-5H3. The Balaban J connectivity index is 1.99. The zero-order valence-electron chi connectivity index (χ0n) is 14.5. The molecule has 0 aromatic carbocycles. The van der Waals surface area contributed by atoms with Gasteiger partial charge in [0, 0.05) is 12.1 Å². The van der Waals surface area contributed by atoms with Gasteiger partial charge >= 0.3 is 0 Å². The van der Waals surface area contributed by atoms with Crippen LogP contribution in [0.2, 0.25) is 0 Å². The molecule has 2 N–H and O–H groups in total. The molecule has 0 bridgehead atoms. The van der Waals surface area contributed by atoms with Crippen molar-refractivity contribution in [1.29, 1.82) is 0 Å². The van der Waals surface area contributed by atoms with Crippen molar-refractivity contribution >= 4 is 0 Å². The summed E-state index contributed by atoms with van der Waals surface area (Å²) < 4.78 is 0. The smallest absolute Gasteiger partial charge is 0.0331 e. The summed E-state index contributed by atoms with van der Waals surface area (Å²) in [5.74, 6) is 0.878. The first kappa shape index (κ1) is 16.3. The molecule has 2 heteroatoms. The first-order valence-corrected chi connectivity index (χ1v) is 8.64. The summed E-state index contributed by atoms with van der Waals surface area (Å²) in [6.07, 6.45) is 8.01. The minimum Gasteiger partial charge on any atom is -0.329 e. The van der Waals surface area contributed by atoms with E-state index in [0.29, 0.717) is 16.4 Å². The highest BCUT2D eigenvalue weighted by Crippen LogP contribution is 2.45. The third-order valence-corrected chi connectivity index (χ3v) is 6.31. The van der Waals surface area contributed by atoms with Gasteiger partial charge in [-0.2, -0.15) is 0 Å². The fraction of sp³-hybridized carbons (Fsp3) is 1.00. The third kappa shape index (κ3) is 3.39. The van der Waals surface area contributed by atoms with Gasteiger partial charge in [-0.3, -0.25) is 4.90 Å². The van der Waals surface area contributed by atoms with E-state index in [4.69, 9.17) is 5.73 Å². The number of likely N-dealkylation sites (tertiary alicyclic amines) is 1. The largest absolute Gasteiger partial charge is 0.329 e. The Morgan fingerprint density at radius 2 is 1.50 bits per heavy atom. The third-order valence-electron chi connectivity index (χ3n) is 6.31. The average molecular weight is 281 g/mol. The fourth-order valence-electron chi connectivity index (χ4n) is 4.26. The predicted octanol–water partition coefficient (Wildman–Crippen LogP) is 4.04.